The summed E-state index contributed by atoms with van der Waals surface area (Å²) in [4.78, 5) is 12.2. The molecule has 1 aliphatic carbocycles. The lowest BCUT2D eigenvalue weighted by atomic mass is 10.1. The fraction of sp³-hybridized carbons (Fsp3) is 0.263. The molecule has 25 heavy (non-hydrogen) atoms. The quantitative estimate of drug-likeness (QED) is 0.634. The molecule has 0 saturated heterocycles. The van der Waals surface area contributed by atoms with E-state index in [2.05, 4.69) is 10.5 Å². The Kier molecular flexibility index (Phi) is 5.24. The van der Waals surface area contributed by atoms with E-state index in [0.29, 0.717) is 16.5 Å². The third kappa shape index (κ3) is 3.94. The maximum atomic E-state index is 12.2. The Balaban J connectivity index is 1.58. The number of carbonyl (C=O) groups excluding carboxylic acids is 1. The summed E-state index contributed by atoms with van der Waals surface area (Å²) >= 11 is 6.18. The van der Waals surface area contributed by atoms with Crippen LogP contribution in [0.2, 0.25) is 5.02 Å². The number of amides is 1. The van der Waals surface area contributed by atoms with Crippen LogP contribution in [0.15, 0.2) is 47.6 Å². The minimum Gasteiger partial charge on any atom is -0.493 e. The third-order valence-electron chi connectivity index (χ3n) is 4.23. The molecule has 1 aliphatic rings. The molecule has 1 N–H and O–H groups in total. The van der Waals surface area contributed by atoms with Gasteiger partial charge in [0.15, 0.2) is 11.5 Å². The molecule has 2 unspecified atom stereocenters. The topological polar surface area (TPSA) is 59.9 Å². The highest BCUT2D eigenvalue weighted by molar-refractivity contribution is 6.31. The van der Waals surface area contributed by atoms with E-state index >= 15 is 0 Å². The van der Waals surface area contributed by atoms with Crippen LogP contribution in [0.3, 0.4) is 0 Å². The van der Waals surface area contributed by atoms with E-state index in [-0.39, 0.29) is 17.7 Å². The average molecular weight is 359 g/mol. The van der Waals surface area contributed by atoms with Gasteiger partial charge in [-0.3, -0.25) is 4.79 Å². The van der Waals surface area contributed by atoms with E-state index in [1.54, 1.807) is 32.6 Å². The number of carbonyl (C=O) groups is 1. The summed E-state index contributed by atoms with van der Waals surface area (Å²) in [7, 11) is 3.15. The van der Waals surface area contributed by atoms with Gasteiger partial charge >= 0.3 is 0 Å². The lowest BCUT2D eigenvalue weighted by Crippen LogP contribution is -2.20. The van der Waals surface area contributed by atoms with Gasteiger partial charge in [0.1, 0.15) is 0 Å². The van der Waals surface area contributed by atoms with Gasteiger partial charge in [-0.1, -0.05) is 29.8 Å². The maximum Gasteiger partial charge on any atom is 0.243 e. The number of hydrazone groups is 1. The summed E-state index contributed by atoms with van der Waals surface area (Å²) in [5.74, 6) is 1.25. The minimum absolute atomic E-state index is 0.0811. The van der Waals surface area contributed by atoms with Crippen molar-refractivity contribution >= 4 is 23.7 Å². The number of halogens is 1. The second kappa shape index (κ2) is 7.57. The van der Waals surface area contributed by atoms with Gasteiger partial charge in [-0.15, -0.1) is 0 Å². The average Bonchev–Trinajstić information content (AvgIpc) is 3.42. The van der Waals surface area contributed by atoms with Crippen LogP contribution in [0.4, 0.5) is 0 Å². The summed E-state index contributed by atoms with van der Waals surface area (Å²) in [6.07, 6.45) is 2.37. The van der Waals surface area contributed by atoms with Crippen LogP contribution in [-0.4, -0.2) is 26.3 Å². The monoisotopic (exact) mass is 358 g/mol. The first-order valence-electron chi connectivity index (χ1n) is 7.93. The van der Waals surface area contributed by atoms with Crippen molar-refractivity contribution < 1.29 is 14.3 Å². The zero-order valence-corrected chi connectivity index (χ0v) is 14.8. The number of hydrogen-bond donors (Lipinski definition) is 1. The van der Waals surface area contributed by atoms with Crippen LogP contribution in [0.5, 0.6) is 11.5 Å². The molecule has 0 spiro atoms. The Morgan fingerprint density at radius 3 is 2.68 bits per heavy atom. The van der Waals surface area contributed by atoms with Crippen LogP contribution in [0, 0.1) is 5.92 Å². The minimum atomic E-state index is -0.0957. The molecule has 0 heterocycles. The number of rotatable bonds is 6. The number of nitrogens with one attached hydrogen (secondary N) is 1. The zero-order chi connectivity index (χ0) is 17.8. The smallest absolute Gasteiger partial charge is 0.243 e. The molecule has 6 heteroatoms. The summed E-state index contributed by atoms with van der Waals surface area (Å²) in [6, 6.07) is 13.0. The molecule has 5 nitrogen and oxygen atoms in total. The van der Waals surface area contributed by atoms with Crippen LogP contribution in [0.1, 0.15) is 23.5 Å². The molecule has 3 rings (SSSR count). The molecule has 2 aromatic carbocycles. The zero-order valence-electron chi connectivity index (χ0n) is 14.0. The Labute approximate surface area is 151 Å². The second-order valence-electron chi connectivity index (χ2n) is 5.82. The predicted molar refractivity (Wildman–Crippen MR) is 97.6 cm³/mol. The number of ether oxygens (including phenoxy) is 2. The van der Waals surface area contributed by atoms with Crippen molar-refractivity contribution in [3.8, 4) is 11.5 Å². The highest BCUT2D eigenvalue weighted by atomic mass is 35.5. The first-order valence-corrected chi connectivity index (χ1v) is 8.31. The molecule has 2 atom stereocenters. The number of benzene rings is 2. The summed E-state index contributed by atoms with van der Waals surface area (Å²) < 4.78 is 10.4. The van der Waals surface area contributed by atoms with E-state index in [9.17, 15) is 4.79 Å². The Bertz CT molecular complexity index is 807. The van der Waals surface area contributed by atoms with Crippen molar-refractivity contribution in [2.75, 3.05) is 14.2 Å². The highest BCUT2D eigenvalue weighted by Crippen LogP contribution is 2.49. The molecule has 0 radical (unpaired) electrons. The fourth-order valence-corrected chi connectivity index (χ4v) is 3.07. The van der Waals surface area contributed by atoms with E-state index in [1.165, 1.54) is 0 Å². The predicted octanol–water partition coefficient (Wildman–Crippen LogP) is 3.61. The van der Waals surface area contributed by atoms with Gasteiger partial charge in [-0.05, 0) is 47.7 Å². The van der Waals surface area contributed by atoms with Crippen LogP contribution in [-0.2, 0) is 4.79 Å². The lowest BCUT2D eigenvalue weighted by Gasteiger charge is -2.07. The van der Waals surface area contributed by atoms with Crippen molar-refractivity contribution in [3.05, 3.63) is 58.6 Å². The summed E-state index contributed by atoms with van der Waals surface area (Å²) in [5.41, 5.74) is 4.42. The molecule has 0 bridgehead atoms. The van der Waals surface area contributed by atoms with Gasteiger partial charge in [0.2, 0.25) is 5.91 Å². The molecule has 2 aromatic rings. The molecule has 130 valence electrons. The molecule has 1 amide bonds. The summed E-state index contributed by atoms with van der Waals surface area (Å²) in [6.45, 7) is 0. The number of methoxy groups -OCH3 is 2. The molecule has 0 aliphatic heterocycles. The Morgan fingerprint density at radius 2 is 1.96 bits per heavy atom. The first kappa shape index (κ1) is 17.3. The normalized spacial score (nSPS) is 18.8. The molecule has 1 fully saturated rings. The largest absolute Gasteiger partial charge is 0.493 e. The Morgan fingerprint density at radius 1 is 1.20 bits per heavy atom. The van der Waals surface area contributed by atoms with Crippen molar-refractivity contribution in [3.63, 3.8) is 0 Å². The molecule has 0 aromatic heterocycles. The van der Waals surface area contributed by atoms with E-state index in [1.807, 2.05) is 30.3 Å². The van der Waals surface area contributed by atoms with Crippen LogP contribution in [0.25, 0.3) is 0 Å². The second-order valence-corrected chi connectivity index (χ2v) is 6.23. The molecule has 1 saturated carbocycles. The van der Waals surface area contributed by atoms with Gasteiger partial charge in [0.25, 0.3) is 0 Å². The van der Waals surface area contributed by atoms with Gasteiger partial charge < -0.3 is 9.47 Å². The van der Waals surface area contributed by atoms with E-state index in [0.717, 1.165) is 17.5 Å². The van der Waals surface area contributed by atoms with E-state index in [4.69, 9.17) is 21.1 Å². The van der Waals surface area contributed by atoms with Gasteiger partial charge in [-0.25, -0.2) is 5.43 Å². The van der Waals surface area contributed by atoms with Crippen molar-refractivity contribution in [2.24, 2.45) is 11.0 Å². The fourth-order valence-electron chi connectivity index (χ4n) is 2.79. The van der Waals surface area contributed by atoms with Crippen molar-refractivity contribution in [1.82, 2.24) is 5.43 Å². The van der Waals surface area contributed by atoms with Gasteiger partial charge in [0, 0.05) is 10.9 Å². The standard InChI is InChI=1S/C19H19ClN2O3/c1-24-17-8-7-12(9-18(17)25-2)11-21-22-19(23)15-10-14(15)13-5-3-4-6-16(13)20/h3-9,11,14-15H,10H2,1-2H3,(H,22,23)/b21-11+. The molecular weight excluding hydrogens is 340 g/mol. The van der Waals surface area contributed by atoms with Gasteiger partial charge in [0.05, 0.1) is 20.4 Å². The van der Waals surface area contributed by atoms with Crippen molar-refractivity contribution in [2.45, 2.75) is 12.3 Å². The summed E-state index contributed by atoms with van der Waals surface area (Å²) in [5, 5.41) is 4.74. The highest BCUT2D eigenvalue weighted by Gasteiger charge is 2.44. The van der Waals surface area contributed by atoms with Crippen molar-refractivity contribution in [1.29, 1.82) is 0 Å². The third-order valence-corrected chi connectivity index (χ3v) is 4.57. The SMILES string of the molecule is COc1ccc(/C=N/NC(=O)C2CC2c2ccccc2Cl)cc1OC. The van der Waals surface area contributed by atoms with Crippen LogP contribution < -0.4 is 14.9 Å². The maximum absolute atomic E-state index is 12.2. The lowest BCUT2D eigenvalue weighted by molar-refractivity contribution is -0.122. The number of nitrogens with zero attached hydrogens (tertiary/aromatic N) is 1. The van der Waals surface area contributed by atoms with Crippen LogP contribution >= 0.6 is 11.6 Å². The first-order chi connectivity index (χ1) is 12.1. The molecular formula is C19H19ClN2O3. The number of hydrogen-bond acceptors (Lipinski definition) is 4. The Hall–Kier alpha value is -2.53. The van der Waals surface area contributed by atoms with E-state index < -0.39 is 0 Å². The van der Waals surface area contributed by atoms with Gasteiger partial charge in [-0.2, -0.15) is 5.10 Å².